The second-order valence-corrected chi connectivity index (χ2v) is 6.27. The number of halogens is 4. The van der Waals surface area contributed by atoms with Gasteiger partial charge in [-0.05, 0) is 48.2 Å². The van der Waals surface area contributed by atoms with Crippen molar-refractivity contribution < 1.29 is 9.47 Å². The molecular weight excluding hydrogens is 366 g/mol. The number of benzene rings is 2. The van der Waals surface area contributed by atoms with E-state index >= 15 is 0 Å². The van der Waals surface area contributed by atoms with E-state index in [1.54, 1.807) is 38.5 Å². The largest absolute Gasteiger partial charge is 0.497 e. The van der Waals surface area contributed by atoms with Gasteiger partial charge in [0.1, 0.15) is 11.5 Å². The van der Waals surface area contributed by atoms with E-state index in [4.69, 9.17) is 55.9 Å². The van der Waals surface area contributed by atoms with E-state index < -0.39 is 0 Å². The Morgan fingerprint density at radius 1 is 0.636 bits per heavy atom. The summed E-state index contributed by atoms with van der Waals surface area (Å²) in [7, 11) is 3.14. The molecule has 0 fully saturated rings. The number of methoxy groups -OCH3 is 2. The molecule has 0 saturated carbocycles. The highest BCUT2D eigenvalue weighted by Crippen LogP contribution is 2.34. The molecule has 0 heterocycles. The zero-order valence-corrected chi connectivity index (χ0v) is 15.1. The summed E-state index contributed by atoms with van der Waals surface area (Å²) in [4.78, 5) is 0. The molecule has 22 heavy (non-hydrogen) atoms. The van der Waals surface area contributed by atoms with Gasteiger partial charge in [0, 0.05) is 20.1 Å². The summed E-state index contributed by atoms with van der Waals surface area (Å²) in [5.41, 5.74) is 1.68. The Kier molecular flexibility index (Phi) is 6.10. The maximum absolute atomic E-state index is 6.26. The van der Waals surface area contributed by atoms with Gasteiger partial charge in [0.25, 0.3) is 0 Å². The lowest BCUT2D eigenvalue weighted by Crippen LogP contribution is -1.97. The lowest BCUT2D eigenvalue weighted by molar-refractivity contribution is 0.414. The third kappa shape index (κ3) is 3.94. The van der Waals surface area contributed by atoms with Crippen LogP contribution in [-0.4, -0.2) is 14.2 Å². The lowest BCUT2D eigenvalue weighted by Gasteiger charge is -2.12. The summed E-state index contributed by atoms with van der Waals surface area (Å²) in [6, 6.07) is 6.94. The molecule has 0 N–H and O–H groups in total. The van der Waals surface area contributed by atoms with Gasteiger partial charge in [-0.15, -0.1) is 0 Å². The highest BCUT2D eigenvalue weighted by molar-refractivity contribution is 6.37. The van der Waals surface area contributed by atoms with E-state index in [1.807, 2.05) is 0 Å². The molecule has 118 valence electrons. The first-order valence-corrected chi connectivity index (χ1v) is 8.01. The van der Waals surface area contributed by atoms with Crippen molar-refractivity contribution in [2.24, 2.45) is 0 Å². The molecule has 0 bridgehead atoms. The van der Waals surface area contributed by atoms with Crippen LogP contribution in [0.1, 0.15) is 11.1 Å². The highest BCUT2D eigenvalue weighted by Gasteiger charge is 2.13. The van der Waals surface area contributed by atoms with Crippen LogP contribution < -0.4 is 9.47 Å². The van der Waals surface area contributed by atoms with Crippen LogP contribution in [0.5, 0.6) is 11.5 Å². The Balaban J connectivity index is 2.24. The minimum absolute atomic E-state index is 0.560. The van der Waals surface area contributed by atoms with Crippen molar-refractivity contribution in [1.29, 1.82) is 0 Å². The molecule has 0 unspecified atom stereocenters. The van der Waals surface area contributed by atoms with Crippen LogP contribution >= 0.6 is 46.4 Å². The van der Waals surface area contributed by atoms with Gasteiger partial charge in [0.15, 0.2) is 0 Å². The molecule has 0 aliphatic carbocycles. The van der Waals surface area contributed by atoms with E-state index in [0.29, 0.717) is 44.4 Å². The van der Waals surface area contributed by atoms with Gasteiger partial charge >= 0.3 is 0 Å². The SMILES string of the molecule is COc1cc(Cl)c(CCc2c(Cl)cc(OC)cc2Cl)c(Cl)c1. The average Bonchev–Trinajstić information content (AvgIpc) is 2.47. The third-order valence-electron chi connectivity index (χ3n) is 3.33. The molecule has 0 spiro atoms. The summed E-state index contributed by atoms with van der Waals surface area (Å²) in [5.74, 6) is 1.25. The monoisotopic (exact) mass is 378 g/mol. The summed E-state index contributed by atoms with van der Waals surface area (Å²) < 4.78 is 10.3. The van der Waals surface area contributed by atoms with Crippen LogP contribution in [-0.2, 0) is 12.8 Å². The Bertz CT molecular complexity index is 580. The van der Waals surface area contributed by atoms with Crippen molar-refractivity contribution in [3.63, 3.8) is 0 Å². The molecule has 0 aromatic heterocycles. The van der Waals surface area contributed by atoms with E-state index in [1.165, 1.54) is 0 Å². The first kappa shape index (κ1) is 17.6. The molecular formula is C16H14Cl4O2. The predicted molar refractivity (Wildman–Crippen MR) is 93.4 cm³/mol. The summed E-state index contributed by atoms with van der Waals surface area (Å²) in [6.07, 6.45) is 1.24. The van der Waals surface area contributed by atoms with Gasteiger partial charge in [0.05, 0.1) is 14.2 Å². The minimum Gasteiger partial charge on any atom is -0.497 e. The van der Waals surface area contributed by atoms with Crippen LogP contribution in [0, 0.1) is 0 Å². The van der Waals surface area contributed by atoms with Gasteiger partial charge in [0.2, 0.25) is 0 Å². The fourth-order valence-corrected chi connectivity index (χ4v) is 3.43. The number of rotatable bonds is 5. The molecule has 6 heteroatoms. The van der Waals surface area contributed by atoms with Crippen LogP contribution in [0.15, 0.2) is 24.3 Å². The molecule has 2 nitrogen and oxygen atoms in total. The molecule has 2 aromatic carbocycles. The number of hydrogen-bond donors (Lipinski definition) is 0. The average molecular weight is 380 g/mol. The van der Waals surface area contributed by atoms with Crippen LogP contribution in [0.3, 0.4) is 0 Å². The smallest absolute Gasteiger partial charge is 0.121 e. The van der Waals surface area contributed by atoms with Gasteiger partial charge in [-0.1, -0.05) is 46.4 Å². The van der Waals surface area contributed by atoms with Gasteiger partial charge < -0.3 is 9.47 Å². The van der Waals surface area contributed by atoms with E-state index in [-0.39, 0.29) is 0 Å². The first-order chi connectivity index (χ1) is 10.5. The van der Waals surface area contributed by atoms with Gasteiger partial charge in [-0.25, -0.2) is 0 Å². The summed E-state index contributed by atoms with van der Waals surface area (Å²) in [6.45, 7) is 0. The Hall–Kier alpha value is -0.800. The fraction of sp³-hybridized carbons (Fsp3) is 0.250. The topological polar surface area (TPSA) is 18.5 Å². The van der Waals surface area contributed by atoms with Crippen molar-refractivity contribution in [3.05, 3.63) is 55.5 Å². The Morgan fingerprint density at radius 3 is 1.14 bits per heavy atom. The molecule has 2 rings (SSSR count). The maximum atomic E-state index is 6.26. The Morgan fingerprint density at radius 2 is 0.909 bits per heavy atom. The summed E-state index contributed by atoms with van der Waals surface area (Å²) in [5, 5.41) is 2.24. The zero-order valence-electron chi connectivity index (χ0n) is 12.1. The third-order valence-corrected chi connectivity index (χ3v) is 4.67. The minimum atomic E-state index is 0.560. The maximum Gasteiger partial charge on any atom is 0.121 e. The van der Waals surface area contributed by atoms with Gasteiger partial charge in [-0.2, -0.15) is 0 Å². The quantitative estimate of drug-likeness (QED) is 0.624. The number of ether oxygens (including phenoxy) is 2. The van der Waals surface area contributed by atoms with Crippen LogP contribution in [0.25, 0.3) is 0 Å². The molecule has 0 atom stereocenters. The predicted octanol–water partition coefficient (Wildman–Crippen LogP) is 6.10. The second-order valence-electron chi connectivity index (χ2n) is 4.64. The molecule has 0 amide bonds. The normalized spacial score (nSPS) is 10.6. The van der Waals surface area contributed by atoms with E-state index in [0.717, 1.165) is 11.1 Å². The number of hydrogen-bond acceptors (Lipinski definition) is 2. The van der Waals surface area contributed by atoms with Crippen molar-refractivity contribution in [3.8, 4) is 11.5 Å². The van der Waals surface area contributed by atoms with Crippen molar-refractivity contribution in [2.75, 3.05) is 14.2 Å². The molecule has 0 saturated heterocycles. The van der Waals surface area contributed by atoms with Crippen LogP contribution in [0.2, 0.25) is 20.1 Å². The van der Waals surface area contributed by atoms with Crippen molar-refractivity contribution in [2.45, 2.75) is 12.8 Å². The fourth-order valence-electron chi connectivity index (χ4n) is 2.12. The molecule has 2 aromatic rings. The van der Waals surface area contributed by atoms with Gasteiger partial charge in [-0.3, -0.25) is 0 Å². The van der Waals surface area contributed by atoms with E-state index in [2.05, 4.69) is 0 Å². The first-order valence-electron chi connectivity index (χ1n) is 6.50. The summed E-state index contributed by atoms with van der Waals surface area (Å²) >= 11 is 25.0. The van der Waals surface area contributed by atoms with Crippen LogP contribution in [0.4, 0.5) is 0 Å². The standard InChI is InChI=1S/C16H14Cl4O2/c1-21-9-5-13(17)11(14(18)6-9)3-4-12-15(19)7-10(22-2)8-16(12)20/h5-8H,3-4H2,1-2H3. The highest BCUT2D eigenvalue weighted by atomic mass is 35.5. The second kappa shape index (κ2) is 7.65. The molecule has 0 aliphatic heterocycles. The lowest BCUT2D eigenvalue weighted by atomic mass is 10.0. The zero-order chi connectivity index (χ0) is 16.3. The Labute approximate surface area is 149 Å². The molecule has 0 aliphatic rings. The van der Waals surface area contributed by atoms with Crippen molar-refractivity contribution >= 4 is 46.4 Å². The van der Waals surface area contributed by atoms with E-state index in [9.17, 15) is 0 Å². The van der Waals surface area contributed by atoms with Crippen molar-refractivity contribution in [1.82, 2.24) is 0 Å². The molecule has 0 radical (unpaired) electrons.